The first-order valence-electron chi connectivity index (χ1n) is 12.4. The van der Waals surface area contributed by atoms with Gasteiger partial charge in [0.1, 0.15) is 13.2 Å². The molecular formula is C32H26N2O3. The van der Waals surface area contributed by atoms with Crippen molar-refractivity contribution in [2.45, 2.75) is 13.1 Å². The van der Waals surface area contributed by atoms with E-state index in [1.165, 1.54) is 5.56 Å². The minimum absolute atomic E-state index is 0.0692. The second-order valence-corrected chi connectivity index (χ2v) is 9.12. The van der Waals surface area contributed by atoms with E-state index in [-0.39, 0.29) is 5.91 Å². The van der Waals surface area contributed by atoms with Crippen LogP contribution in [0, 0.1) is 0 Å². The van der Waals surface area contributed by atoms with Gasteiger partial charge >= 0.3 is 0 Å². The highest BCUT2D eigenvalue weighted by atomic mass is 16.6. The molecular weight excluding hydrogens is 460 g/mol. The maximum absolute atomic E-state index is 13.8. The van der Waals surface area contributed by atoms with Gasteiger partial charge < -0.3 is 14.4 Å². The van der Waals surface area contributed by atoms with Crippen molar-refractivity contribution in [2.24, 2.45) is 0 Å². The number of carbonyl (C=O) groups is 1. The van der Waals surface area contributed by atoms with E-state index in [1.807, 2.05) is 71.6 Å². The average molecular weight is 487 g/mol. The minimum Gasteiger partial charge on any atom is -0.486 e. The van der Waals surface area contributed by atoms with Gasteiger partial charge in [-0.05, 0) is 46.5 Å². The molecule has 0 saturated heterocycles. The van der Waals surface area contributed by atoms with E-state index in [1.54, 1.807) is 6.20 Å². The summed E-state index contributed by atoms with van der Waals surface area (Å²) in [5.74, 6) is 1.39. The Bertz CT molecular complexity index is 1550. The van der Waals surface area contributed by atoms with Gasteiger partial charge in [-0.3, -0.25) is 9.78 Å². The van der Waals surface area contributed by atoms with Gasteiger partial charge in [0, 0.05) is 24.7 Å². The zero-order valence-electron chi connectivity index (χ0n) is 20.3. The van der Waals surface area contributed by atoms with Crippen molar-refractivity contribution in [3.63, 3.8) is 0 Å². The Morgan fingerprint density at radius 2 is 1.38 bits per heavy atom. The monoisotopic (exact) mass is 486 g/mol. The van der Waals surface area contributed by atoms with Gasteiger partial charge in [-0.1, -0.05) is 78.9 Å². The number of hydrogen-bond donors (Lipinski definition) is 0. The number of rotatable bonds is 6. The third-order valence-electron chi connectivity index (χ3n) is 6.54. The van der Waals surface area contributed by atoms with Crippen LogP contribution in [0.1, 0.15) is 21.5 Å². The van der Waals surface area contributed by atoms with E-state index in [0.29, 0.717) is 31.9 Å². The maximum atomic E-state index is 13.8. The van der Waals surface area contributed by atoms with Gasteiger partial charge in [0.05, 0.1) is 11.1 Å². The predicted molar refractivity (Wildman–Crippen MR) is 145 cm³/mol. The van der Waals surface area contributed by atoms with Crippen molar-refractivity contribution in [2.75, 3.05) is 13.2 Å². The molecule has 1 aliphatic rings. The van der Waals surface area contributed by atoms with Crippen LogP contribution in [0.3, 0.4) is 0 Å². The van der Waals surface area contributed by atoms with E-state index in [2.05, 4.69) is 41.4 Å². The molecule has 0 bridgehead atoms. The van der Waals surface area contributed by atoms with E-state index < -0.39 is 0 Å². The summed E-state index contributed by atoms with van der Waals surface area (Å²) >= 11 is 0. The SMILES string of the molecule is O=C(c1cnc2ccccc2c1)N(Cc1ccc(-c2ccccc2)cc1)Cc1ccc2c(c1)OCCO2. The molecule has 5 aromatic rings. The fourth-order valence-electron chi connectivity index (χ4n) is 4.63. The van der Waals surface area contributed by atoms with Crippen molar-refractivity contribution in [1.82, 2.24) is 9.88 Å². The highest BCUT2D eigenvalue weighted by Crippen LogP contribution is 2.31. The number of pyridine rings is 1. The maximum Gasteiger partial charge on any atom is 0.256 e. The van der Waals surface area contributed by atoms with Crippen LogP contribution in [0.25, 0.3) is 22.0 Å². The number of para-hydroxylation sites is 1. The second kappa shape index (κ2) is 10.2. The number of hydrogen-bond acceptors (Lipinski definition) is 4. The number of carbonyl (C=O) groups excluding carboxylic acids is 1. The molecule has 0 fully saturated rings. The molecule has 37 heavy (non-hydrogen) atoms. The Hall–Kier alpha value is -4.64. The van der Waals surface area contributed by atoms with Crippen LogP contribution in [0.15, 0.2) is 109 Å². The molecule has 0 atom stereocenters. The molecule has 0 N–H and O–H groups in total. The third kappa shape index (κ3) is 5.02. The molecule has 0 spiro atoms. The largest absolute Gasteiger partial charge is 0.486 e. The second-order valence-electron chi connectivity index (χ2n) is 9.12. The van der Waals surface area contributed by atoms with Crippen molar-refractivity contribution in [1.29, 1.82) is 0 Å². The molecule has 0 aliphatic carbocycles. The highest BCUT2D eigenvalue weighted by molar-refractivity contribution is 5.97. The first-order valence-corrected chi connectivity index (χ1v) is 12.4. The molecule has 4 aromatic carbocycles. The molecule has 6 rings (SSSR count). The van der Waals surface area contributed by atoms with Gasteiger partial charge in [0.15, 0.2) is 11.5 Å². The Kier molecular flexibility index (Phi) is 6.26. The first kappa shape index (κ1) is 22.8. The van der Waals surface area contributed by atoms with Crippen LogP contribution in [-0.2, 0) is 13.1 Å². The van der Waals surface area contributed by atoms with E-state index in [4.69, 9.17) is 9.47 Å². The summed E-state index contributed by atoms with van der Waals surface area (Å²) in [5, 5.41) is 0.944. The van der Waals surface area contributed by atoms with Crippen molar-refractivity contribution >= 4 is 16.8 Å². The summed E-state index contributed by atoms with van der Waals surface area (Å²) in [6.07, 6.45) is 1.67. The lowest BCUT2D eigenvalue weighted by Gasteiger charge is -2.25. The normalized spacial score (nSPS) is 12.3. The molecule has 182 valence electrons. The number of benzene rings is 4. The predicted octanol–water partition coefficient (Wildman–Crippen LogP) is 6.52. The van der Waals surface area contributed by atoms with E-state index >= 15 is 0 Å². The lowest BCUT2D eigenvalue weighted by molar-refractivity contribution is 0.0729. The molecule has 2 heterocycles. The van der Waals surface area contributed by atoms with Gasteiger partial charge in [0.25, 0.3) is 5.91 Å². The van der Waals surface area contributed by atoms with Gasteiger partial charge in [-0.15, -0.1) is 0 Å². The zero-order valence-corrected chi connectivity index (χ0v) is 20.3. The summed E-state index contributed by atoms with van der Waals surface area (Å²) < 4.78 is 11.4. The summed E-state index contributed by atoms with van der Waals surface area (Å²) in [6.45, 7) is 1.97. The van der Waals surface area contributed by atoms with Crippen LogP contribution in [0.5, 0.6) is 11.5 Å². The summed E-state index contributed by atoms with van der Waals surface area (Å²) in [5.41, 5.74) is 5.78. The number of aromatic nitrogens is 1. The Balaban J connectivity index is 1.30. The number of amides is 1. The average Bonchev–Trinajstić information content (AvgIpc) is 2.97. The van der Waals surface area contributed by atoms with Gasteiger partial charge in [-0.25, -0.2) is 0 Å². The molecule has 0 saturated carbocycles. The van der Waals surface area contributed by atoms with Crippen molar-refractivity contribution in [3.05, 3.63) is 126 Å². The zero-order chi connectivity index (χ0) is 25.0. The molecule has 1 aliphatic heterocycles. The van der Waals surface area contributed by atoms with Crippen LogP contribution in [0.4, 0.5) is 0 Å². The molecule has 1 aromatic heterocycles. The Morgan fingerprint density at radius 1 is 0.703 bits per heavy atom. The van der Waals surface area contributed by atoms with Gasteiger partial charge in [-0.2, -0.15) is 0 Å². The molecule has 0 unspecified atom stereocenters. The molecule has 1 amide bonds. The minimum atomic E-state index is -0.0692. The van der Waals surface area contributed by atoms with Crippen LogP contribution < -0.4 is 9.47 Å². The Labute approximate surface area is 215 Å². The molecule has 5 heteroatoms. The van der Waals surface area contributed by atoms with Crippen LogP contribution >= 0.6 is 0 Å². The summed E-state index contributed by atoms with van der Waals surface area (Å²) in [4.78, 5) is 20.2. The first-order chi connectivity index (χ1) is 18.2. The fourth-order valence-corrected chi connectivity index (χ4v) is 4.63. The summed E-state index contributed by atoms with van der Waals surface area (Å²) in [6, 6.07) is 34.3. The van der Waals surface area contributed by atoms with Crippen LogP contribution in [0.2, 0.25) is 0 Å². The fraction of sp³-hybridized carbons (Fsp3) is 0.125. The number of fused-ring (bicyclic) bond motifs is 2. The smallest absolute Gasteiger partial charge is 0.256 e. The molecule has 5 nitrogen and oxygen atoms in total. The quantitative estimate of drug-likeness (QED) is 0.274. The topological polar surface area (TPSA) is 51.7 Å². The third-order valence-corrected chi connectivity index (χ3v) is 6.54. The standard InChI is InChI=1S/C32H26N2O3/c35-32(28-19-27-8-4-5-9-29(27)33-20-28)34(22-24-12-15-30-31(18-24)37-17-16-36-30)21-23-10-13-26(14-11-23)25-6-2-1-3-7-25/h1-15,18-20H,16-17,21-22H2. The summed E-state index contributed by atoms with van der Waals surface area (Å²) in [7, 11) is 0. The highest BCUT2D eigenvalue weighted by Gasteiger charge is 2.20. The van der Waals surface area contributed by atoms with E-state index in [0.717, 1.165) is 39.1 Å². The van der Waals surface area contributed by atoms with E-state index in [9.17, 15) is 4.79 Å². The van der Waals surface area contributed by atoms with Crippen molar-refractivity contribution < 1.29 is 14.3 Å². The lowest BCUT2D eigenvalue weighted by Crippen LogP contribution is -2.30. The molecule has 0 radical (unpaired) electrons. The van der Waals surface area contributed by atoms with Crippen molar-refractivity contribution in [3.8, 4) is 22.6 Å². The Morgan fingerprint density at radius 3 is 2.22 bits per heavy atom. The van der Waals surface area contributed by atoms with Crippen LogP contribution in [-0.4, -0.2) is 29.0 Å². The lowest BCUT2D eigenvalue weighted by atomic mass is 10.0. The number of ether oxygens (including phenoxy) is 2. The van der Waals surface area contributed by atoms with Gasteiger partial charge in [0.2, 0.25) is 0 Å². The number of nitrogens with zero attached hydrogens (tertiary/aromatic N) is 2.